The van der Waals surface area contributed by atoms with Crippen LogP contribution in [0.25, 0.3) is 22.5 Å². The van der Waals surface area contributed by atoms with Crippen molar-refractivity contribution in [2.75, 3.05) is 5.73 Å². The predicted molar refractivity (Wildman–Crippen MR) is 187 cm³/mol. The van der Waals surface area contributed by atoms with E-state index in [1.165, 1.54) is 36.5 Å². The first-order valence-corrected chi connectivity index (χ1v) is 17.0. The Morgan fingerprint density at radius 3 is 1.66 bits per heavy atom. The number of aromatic nitrogens is 5. The number of carbonyl (C=O) groups excluding carboxylic acids is 1. The molecule has 0 radical (unpaired) electrons. The summed E-state index contributed by atoms with van der Waals surface area (Å²) in [7, 11) is -4.23. The van der Waals surface area contributed by atoms with E-state index in [0.717, 1.165) is 5.56 Å². The zero-order chi connectivity index (χ0) is 36.6. The van der Waals surface area contributed by atoms with Gasteiger partial charge in [-0.15, -0.1) is 0 Å². The molecule has 5 rings (SSSR count). The van der Waals surface area contributed by atoms with Crippen LogP contribution in [0, 0.1) is 0 Å². The number of aromatic carboxylic acids is 1. The van der Waals surface area contributed by atoms with Gasteiger partial charge in [0.25, 0.3) is 15.9 Å². The molecule has 0 spiro atoms. The maximum absolute atomic E-state index is 12.5. The van der Waals surface area contributed by atoms with E-state index in [1.807, 2.05) is 32.4 Å². The Kier molecular flexibility index (Phi) is 12.2. The number of amides is 1. The molecule has 17 heteroatoms. The lowest BCUT2D eigenvalue weighted by atomic mass is 10.1. The van der Waals surface area contributed by atoms with Gasteiger partial charge in [0.15, 0.2) is 0 Å². The molecule has 1 amide bonds. The molecule has 5 heterocycles. The van der Waals surface area contributed by atoms with E-state index in [-0.39, 0.29) is 44.4 Å². The average molecular weight is 741 g/mol. The zero-order valence-electron chi connectivity index (χ0n) is 27.0. The minimum Gasteiger partial charge on any atom is -0.478 e. The van der Waals surface area contributed by atoms with Gasteiger partial charge in [0.05, 0.1) is 34.7 Å². The lowest BCUT2D eigenvalue weighted by molar-refractivity contribution is 0.0696. The van der Waals surface area contributed by atoms with E-state index in [0.29, 0.717) is 28.7 Å². The molecule has 260 valence electrons. The number of halogens is 2. The number of carboxylic acids is 1. The first-order chi connectivity index (χ1) is 23.6. The standard InChI is InChI=1S/C19H18ClN5O4S.C14H13ClN2O3/c1-11(2)29-16-8-5-12(10-23-16)14-7-6-13(17(20)24-14)19(26)25-30(27,28)15-4-3-9-22-18(15)21;1-8(2)20-12-6-3-9(7-16-12)11-5-4-10(14(18)19)13(15)17-11/h3-11H,1-2H3,(H2,21,22)(H,25,26);3-8H,1-2H3,(H,18,19). The number of rotatable bonds is 10. The van der Waals surface area contributed by atoms with Gasteiger partial charge >= 0.3 is 5.97 Å². The normalized spacial score (nSPS) is 11.0. The lowest BCUT2D eigenvalue weighted by Crippen LogP contribution is -2.31. The van der Waals surface area contributed by atoms with Gasteiger partial charge in [0, 0.05) is 41.9 Å². The number of hydrogen-bond donors (Lipinski definition) is 3. The van der Waals surface area contributed by atoms with Crippen LogP contribution in [-0.2, 0) is 10.0 Å². The molecule has 5 aromatic heterocycles. The SMILES string of the molecule is CC(C)Oc1ccc(-c2ccc(C(=O)NS(=O)(=O)c3cccnc3N)c(Cl)n2)cn1.CC(C)Oc1ccc(-c2ccc(C(=O)O)c(Cl)n2)cn1. The van der Waals surface area contributed by atoms with Crippen LogP contribution in [0.15, 0.2) is 84.1 Å². The molecule has 0 saturated heterocycles. The first-order valence-electron chi connectivity index (χ1n) is 14.7. The molecular weight excluding hydrogens is 709 g/mol. The molecular formula is C33H31Cl2N7O7S. The number of anilines is 1. The van der Waals surface area contributed by atoms with E-state index in [1.54, 1.807) is 42.7 Å². The van der Waals surface area contributed by atoms with Gasteiger partial charge < -0.3 is 20.3 Å². The molecule has 0 fully saturated rings. The second kappa shape index (κ2) is 16.3. The molecule has 50 heavy (non-hydrogen) atoms. The van der Waals surface area contributed by atoms with E-state index in [2.05, 4.69) is 24.9 Å². The Balaban J connectivity index is 0.000000244. The van der Waals surface area contributed by atoms with Crippen molar-refractivity contribution in [1.29, 1.82) is 0 Å². The van der Waals surface area contributed by atoms with Crippen molar-refractivity contribution in [1.82, 2.24) is 29.6 Å². The molecule has 0 aromatic carbocycles. The monoisotopic (exact) mass is 739 g/mol. The summed E-state index contributed by atoms with van der Waals surface area (Å²) in [6.07, 6.45) is 4.55. The van der Waals surface area contributed by atoms with Crippen LogP contribution < -0.4 is 19.9 Å². The number of nitrogens with two attached hydrogens (primary N) is 1. The number of sulfonamides is 1. The summed E-state index contributed by atoms with van der Waals surface area (Å²) < 4.78 is 37.7. The topological polar surface area (TPSA) is 209 Å². The quantitative estimate of drug-likeness (QED) is 0.141. The highest BCUT2D eigenvalue weighted by Crippen LogP contribution is 2.25. The van der Waals surface area contributed by atoms with Crippen molar-refractivity contribution in [3.8, 4) is 34.3 Å². The molecule has 5 aromatic rings. The summed E-state index contributed by atoms with van der Waals surface area (Å²) in [5.41, 5.74) is 7.84. The van der Waals surface area contributed by atoms with Gasteiger partial charge in [-0.05, 0) is 76.2 Å². The zero-order valence-corrected chi connectivity index (χ0v) is 29.4. The highest BCUT2D eigenvalue weighted by molar-refractivity contribution is 7.90. The molecule has 0 aliphatic rings. The molecule has 0 atom stereocenters. The Morgan fingerprint density at radius 1 is 0.760 bits per heavy atom. The number of hydrogen-bond acceptors (Lipinski definition) is 12. The maximum Gasteiger partial charge on any atom is 0.338 e. The van der Waals surface area contributed by atoms with Gasteiger partial charge in [-0.1, -0.05) is 23.2 Å². The maximum atomic E-state index is 12.5. The van der Waals surface area contributed by atoms with Crippen molar-refractivity contribution in [3.63, 3.8) is 0 Å². The van der Waals surface area contributed by atoms with Crippen LogP contribution in [0.2, 0.25) is 10.3 Å². The van der Waals surface area contributed by atoms with Crippen molar-refractivity contribution >= 4 is 50.9 Å². The average Bonchev–Trinajstić information content (AvgIpc) is 3.05. The summed E-state index contributed by atoms with van der Waals surface area (Å²) in [4.78, 5) is 43.3. The number of carbonyl (C=O) groups is 2. The summed E-state index contributed by atoms with van der Waals surface area (Å²) in [5, 5.41) is 8.69. The fraction of sp³-hybridized carbons (Fsp3) is 0.182. The highest BCUT2D eigenvalue weighted by Gasteiger charge is 2.23. The van der Waals surface area contributed by atoms with Crippen molar-refractivity contribution < 1.29 is 32.6 Å². The Hall–Kier alpha value is -5.38. The third kappa shape index (κ3) is 9.84. The predicted octanol–water partition coefficient (Wildman–Crippen LogP) is 5.96. The summed E-state index contributed by atoms with van der Waals surface area (Å²) in [6, 6.07) is 15.5. The van der Waals surface area contributed by atoms with Gasteiger partial charge in [-0.3, -0.25) is 4.79 Å². The van der Waals surface area contributed by atoms with Crippen molar-refractivity contribution in [3.05, 3.63) is 101 Å². The minimum atomic E-state index is -4.23. The van der Waals surface area contributed by atoms with Crippen LogP contribution in [0.1, 0.15) is 48.4 Å². The van der Waals surface area contributed by atoms with E-state index in [4.69, 9.17) is 43.5 Å². The van der Waals surface area contributed by atoms with Gasteiger partial charge in [-0.2, -0.15) is 0 Å². The third-order valence-electron chi connectivity index (χ3n) is 6.27. The van der Waals surface area contributed by atoms with Gasteiger partial charge in [0.1, 0.15) is 21.0 Å². The van der Waals surface area contributed by atoms with E-state index in [9.17, 15) is 18.0 Å². The lowest BCUT2D eigenvalue weighted by Gasteiger charge is -2.10. The number of nitrogens with one attached hydrogen (secondary N) is 1. The molecule has 4 N–H and O–H groups in total. The molecule has 0 aliphatic heterocycles. The molecule has 14 nitrogen and oxygen atoms in total. The minimum absolute atomic E-state index is 0.00740. The Morgan fingerprint density at radius 2 is 1.26 bits per heavy atom. The number of nitrogens with zero attached hydrogens (tertiary/aromatic N) is 5. The number of ether oxygens (including phenoxy) is 2. The summed E-state index contributed by atoms with van der Waals surface area (Å²) >= 11 is 12.0. The highest BCUT2D eigenvalue weighted by atomic mass is 35.5. The van der Waals surface area contributed by atoms with Crippen molar-refractivity contribution in [2.45, 2.75) is 44.8 Å². The van der Waals surface area contributed by atoms with Crippen molar-refractivity contribution in [2.24, 2.45) is 0 Å². The summed E-state index contributed by atoms with van der Waals surface area (Å²) in [5.74, 6) is -1.28. The number of nitrogen functional groups attached to an aromatic ring is 1. The van der Waals surface area contributed by atoms with E-state index >= 15 is 0 Å². The van der Waals surface area contributed by atoms with Gasteiger partial charge in [-0.25, -0.2) is 42.9 Å². The van der Waals surface area contributed by atoms with Crippen LogP contribution in [0.3, 0.4) is 0 Å². The second-order valence-corrected chi connectivity index (χ2v) is 13.2. The smallest absolute Gasteiger partial charge is 0.338 e. The number of carboxylic acid groups (broad SMARTS) is 1. The largest absolute Gasteiger partial charge is 0.478 e. The molecule has 0 saturated carbocycles. The third-order valence-corrected chi connectivity index (χ3v) is 8.22. The van der Waals surface area contributed by atoms with Crippen LogP contribution in [0.5, 0.6) is 11.8 Å². The molecule has 0 aliphatic carbocycles. The van der Waals surface area contributed by atoms with Crippen LogP contribution >= 0.6 is 23.2 Å². The van der Waals surface area contributed by atoms with Gasteiger partial charge in [0.2, 0.25) is 11.8 Å². The second-order valence-electron chi connectivity index (χ2n) is 10.8. The summed E-state index contributed by atoms with van der Waals surface area (Å²) in [6.45, 7) is 7.62. The van der Waals surface area contributed by atoms with Crippen LogP contribution in [0.4, 0.5) is 5.82 Å². The molecule has 0 bridgehead atoms. The fourth-order valence-electron chi connectivity index (χ4n) is 4.07. The Labute approximate surface area is 297 Å². The molecule has 0 unspecified atom stereocenters. The fourth-order valence-corrected chi connectivity index (χ4v) is 5.59. The Bertz CT molecular complexity index is 2100. The van der Waals surface area contributed by atoms with Crippen LogP contribution in [-0.4, -0.2) is 62.5 Å². The number of pyridine rings is 5. The first kappa shape index (κ1) is 37.4. The van der Waals surface area contributed by atoms with E-state index < -0.39 is 21.9 Å².